The average molecular weight is 363 g/mol. The average Bonchev–Trinajstić information content (AvgIpc) is 2.41. The molecule has 140 valence electrons. The predicted octanol–water partition coefficient (Wildman–Crippen LogP) is 4.97. The second-order valence-electron chi connectivity index (χ2n) is 6.82. The number of hydrogen-bond acceptors (Lipinski definition) is 2. The predicted molar refractivity (Wildman–Crippen MR) is 84.0 cm³/mol. The van der Waals surface area contributed by atoms with Crippen LogP contribution in [0.2, 0.25) is 0 Å². The van der Waals surface area contributed by atoms with Gasteiger partial charge in [0.2, 0.25) is 0 Å². The quantitative estimate of drug-likeness (QED) is 0.593. The Labute approximate surface area is 143 Å². The van der Waals surface area contributed by atoms with Crippen LogP contribution in [0.3, 0.4) is 0 Å². The van der Waals surface area contributed by atoms with Gasteiger partial charge in [0.05, 0.1) is 5.56 Å². The van der Waals surface area contributed by atoms with Crippen molar-refractivity contribution in [2.45, 2.75) is 58.3 Å². The summed E-state index contributed by atoms with van der Waals surface area (Å²) >= 11 is 0. The number of ketones is 1. The molecule has 1 N–H and O–H groups in total. The van der Waals surface area contributed by atoms with Crippen LogP contribution in [-0.4, -0.2) is 33.5 Å². The third-order valence-corrected chi connectivity index (χ3v) is 3.75. The van der Waals surface area contributed by atoms with E-state index >= 15 is 0 Å². The third kappa shape index (κ3) is 5.44. The van der Waals surface area contributed by atoms with E-state index in [0.29, 0.717) is 0 Å². The summed E-state index contributed by atoms with van der Waals surface area (Å²) in [5.41, 5.74) is -2.66. The molecule has 8 heteroatoms. The number of nitrogens with zero attached hydrogens (tertiary/aromatic N) is 1. The van der Waals surface area contributed by atoms with Gasteiger partial charge in [0.25, 0.3) is 0 Å². The van der Waals surface area contributed by atoms with Crippen molar-refractivity contribution < 1.29 is 32.3 Å². The van der Waals surface area contributed by atoms with Crippen molar-refractivity contribution in [1.29, 1.82) is 0 Å². The highest BCUT2D eigenvalue weighted by Crippen LogP contribution is 2.33. The Morgan fingerprint density at radius 1 is 1.20 bits per heavy atom. The van der Waals surface area contributed by atoms with Crippen LogP contribution in [0.25, 0.3) is 0 Å². The van der Waals surface area contributed by atoms with Gasteiger partial charge < -0.3 is 10.0 Å². The summed E-state index contributed by atoms with van der Waals surface area (Å²) in [6.45, 7) is 6.63. The number of carbonyl (C=O) groups is 2. The van der Waals surface area contributed by atoms with E-state index in [1.165, 1.54) is 0 Å². The fraction of sp³-hybridized carbons (Fsp3) is 0.529. The first-order chi connectivity index (χ1) is 11.2. The minimum atomic E-state index is -4.85. The zero-order valence-corrected chi connectivity index (χ0v) is 14.4. The lowest BCUT2D eigenvalue weighted by atomic mass is 9.96. The van der Waals surface area contributed by atoms with E-state index in [1.807, 2.05) is 0 Å². The van der Waals surface area contributed by atoms with E-state index in [-0.39, 0.29) is 18.9 Å². The van der Waals surface area contributed by atoms with Gasteiger partial charge >= 0.3 is 12.3 Å². The minimum Gasteiger partial charge on any atom is -0.465 e. The molecule has 0 fully saturated rings. The highest BCUT2D eigenvalue weighted by Gasteiger charge is 2.36. The van der Waals surface area contributed by atoms with Crippen molar-refractivity contribution in [3.8, 4) is 0 Å². The molecule has 25 heavy (non-hydrogen) atoms. The molecule has 4 nitrogen and oxygen atoms in total. The Hall–Kier alpha value is -2.12. The van der Waals surface area contributed by atoms with Gasteiger partial charge in [-0.05, 0) is 52.3 Å². The maximum atomic E-state index is 13.1. The zero-order valence-electron chi connectivity index (χ0n) is 14.4. The Kier molecular flexibility index (Phi) is 6.20. The van der Waals surface area contributed by atoms with Crippen LogP contribution in [0.5, 0.6) is 0 Å². The van der Waals surface area contributed by atoms with Crippen LogP contribution in [0.1, 0.15) is 56.5 Å². The molecular weight excluding hydrogens is 342 g/mol. The fourth-order valence-electron chi connectivity index (χ4n) is 2.73. The molecule has 1 aromatic carbocycles. The number of carboxylic acid groups (broad SMARTS) is 1. The first kappa shape index (κ1) is 20.9. The van der Waals surface area contributed by atoms with E-state index in [1.54, 1.807) is 27.7 Å². The second-order valence-corrected chi connectivity index (χ2v) is 6.82. The monoisotopic (exact) mass is 363 g/mol. The standard InChI is InChI=1S/C17H21F4NO3/c1-10(22(15(24)25)16(2,3)4)5-8-14(23)12-7-6-11(18)9-13(12)17(19,20)21/h6-7,9-10H,5,8H2,1-4H3,(H,24,25). The largest absolute Gasteiger partial charge is 0.465 e. The van der Waals surface area contributed by atoms with Crippen LogP contribution >= 0.6 is 0 Å². The van der Waals surface area contributed by atoms with Gasteiger partial charge in [-0.1, -0.05) is 0 Å². The number of alkyl halides is 3. The molecule has 1 unspecified atom stereocenters. The van der Waals surface area contributed by atoms with Crippen molar-refractivity contribution in [1.82, 2.24) is 4.90 Å². The summed E-state index contributed by atoms with van der Waals surface area (Å²) in [7, 11) is 0. The molecule has 1 aromatic rings. The van der Waals surface area contributed by atoms with E-state index in [2.05, 4.69) is 0 Å². The lowest BCUT2D eigenvalue weighted by Gasteiger charge is -2.38. The van der Waals surface area contributed by atoms with E-state index in [0.717, 1.165) is 17.0 Å². The van der Waals surface area contributed by atoms with Crippen LogP contribution in [0, 0.1) is 5.82 Å². The molecule has 0 aliphatic heterocycles. The second kappa shape index (κ2) is 7.41. The molecule has 1 amide bonds. The zero-order chi connectivity index (χ0) is 19.6. The third-order valence-electron chi connectivity index (χ3n) is 3.75. The topological polar surface area (TPSA) is 57.6 Å². The summed E-state index contributed by atoms with van der Waals surface area (Å²) < 4.78 is 52.0. The van der Waals surface area contributed by atoms with Gasteiger partial charge in [-0.2, -0.15) is 13.2 Å². The Morgan fingerprint density at radius 2 is 1.76 bits per heavy atom. The first-order valence-electron chi connectivity index (χ1n) is 7.67. The summed E-state index contributed by atoms with van der Waals surface area (Å²) in [4.78, 5) is 24.7. The number of carbonyl (C=O) groups excluding carboxylic acids is 1. The number of rotatable bonds is 5. The SMILES string of the molecule is CC(CCC(=O)c1ccc(F)cc1C(F)(F)F)N(C(=O)O)C(C)(C)C. The summed E-state index contributed by atoms with van der Waals surface area (Å²) in [5.74, 6) is -1.89. The number of halogens is 4. The fourth-order valence-corrected chi connectivity index (χ4v) is 2.73. The van der Waals surface area contributed by atoms with E-state index in [9.17, 15) is 32.3 Å². The lowest BCUT2D eigenvalue weighted by Crippen LogP contribution is -2.50. The van der Waals surface area contributed by atoms with Gasteiger partial charge in [0.1, 0.15) is 5.82 Å². The molecule has 0 aliphatic carbocycles. The summed E-state index contributed by atoms with van der Waals surface area (Å²) in [6, 6.07) is 1.32. The van der Waals surface area contributed by atoms with Crippen LogP contribution in [0.15, 0.2) is 18.2 Å². The van der Waals surface area contributed by atoms with Crippen molar-refractivity contribution in [2.75, 3.05) is 0 Å². The minimum absolute atomic E-state index is 0.0527. The number of hydrogen-bond donors (Lipinski definition) is 1. The Morgan fingerprint density at radius 3 is 2.20 bits per heavy atom. The molecule has 0 heterocycles. The van der Waals surface area contributed by atoms with Crippen LogP contribution < -0.4 is 0 Å². The molecule has 0 spiro atoms. The Balaban J connectivity index is 2.96. The van der Waals surface area contributed by atoms with Gasteiger partial charge in [-0.15, -0.1) is 0 Å². The molecule has 1 atom stereocenters. The highest BCUT2D eigenvalue weighted by molar-refractivity contribution is 5.97. The summed E-state index contributed by atoms with van der Waals surface area (Å²) in [5, 5.41) is 9.29. The number of amides is 1. The van der Waals surface area contributed by atoms with Crippen LogP contribution in [0.4, 0.5) is 22.4 Å². The maximum Gasteiger partial charge on any atom is 0.417 e. The smallest absolute Gasteiger partial charge is 0.417 e. The maximum absolute atomic E-state index is 13.1. The van der Waals surface area contributed by atoms with Crippen LogP contribution in [-0.2, 0) is 6.18 Å². The molecule has 0 saturated carbocycles. The molecule has 0 saturated heterocycles. The Bertz CT molecular complexity index is 650. The normalized spacial score (nSPS) is 13.4. The first-order valence-corrected chi connectivity index (χ1v) is 7.67. The molecule has 0 aromatic heterocycles. The van der Waals surface area contributed by atoms with Crippen molar-refractivity contribution >= 4 is 11.9 Å². The number of benzene rings is 1. The number of Topliss-reactive ketones (excluding diaryl/α,β-unsaturated/α-hetero) is 1. The molecule has 0 bridgehead atoms. The molecular formula is C17H21F4NO3. The van der Waals surface area contributed by atoms with E-state index < -0.39 is 46.6 Å². The van der Waals surface area contributed by atoms with Crippen molar-refractivity contribution in [3.63, 3.8) is 0 Å². The van der Waals surface area contributed by atoms with Gasteiger partial charge in [0, 0.05) is 23.6 Å². The van der Waals surface area contributed by atoms with E-state index in [4.69, 9.17) is 0 Å². The van der Waals surface area contributed by atoms with Gasteiger partial charge in [0.15, 0.2) is 5.78 Å². The van der Waals surface area contributed by atoms with Crippen molar-refractivity contribution in [3.05, 3.63) is 35.1 Å². The molecule has 0 radical (unpaired) electrons. The molecule has 0 aliphatic rings. The lowest BCUT2D eigenvalue weighted by molar-refractivity contribution is -0.138. The van der Waals surface area contributed by atoms with Gasteiger partial charge in [-0.25, -0.2) is 9.18 Å². The van der Waals surface area contributed by atoms with Crippen molar-refractivity contribution in [2.24, 2.45) is 0 Å². The summed E-state index contributed by atoms with van der Waals surface area (Å²) in [6.07, 6.45) is -6.26. The molecule has 1 rings (SSSR count). The highest BCUT2D eigenvalue weighted by atomic mass is 19.4. The van der Waals surface area contributed by atoms with Gasteiger partial charge in [-0.3, -0.25) is 4.79 Å².